The standard InChI is InChI=1S/C14H26NO4/c1-6-7-8-12(2)19-14(17)11-15(4,5)9-10-18-13(3)16/h6-7,12H,8-11H2,1-5H3/q+1. The van der Waals surface area contributed by atoms with Crippen LogP contribution in [-0.4, -0.2) is 56.3 Å². The zero-order valence-corrected chi connectivity index (χ0v) is 12.6. The van der Waals surface area contributed by atoms with E-state index in [1.807, 2.05) is 40.1 Å². The third kappa shape index (κ3) is 10.3. The highest BCUT2D eigenvalue weighted by Gasteiger charge is 2.22. The van der Waals surface area contributed by atoms with Gasteiger partial charge in [-0.2, -0.15) is 0 Å². The predicted octanol–water partition coefficient (Wildman–Crippen LogP) is 1.52. The molecule has 110 valence electrons. The number of nitrogens with zero attached hydrogens (tertiary/aromatic N) is 1. The molecular weight excluding hydrogens is 246 g/mol. The summed E-state index contributed by atoms with van der Waals surface area (Å²) in [5, 5.41) is 0. The number of carbonyl (C=O) groups is 2. The lowest BCUT2D eigenvalue weighted by Crippen LogP contribution is -2.47. The van der Waals surface area contributed by atoms with Crippen molar-refractivity contribution in [2.24, 2.45) is 0 Å². The summed E-state index contributed by atoms with van der Waals surface area (Å²) in [5.41, 5.74) is 0. The van der Waals surface area contributed by atoms with Crippen molar-refractivity contribution in [3.8, 4) is 0 Å². The fraction of sp³-hybridized carbons (Fsp3) is 0.714. The van der Waals surface area contributed by atoms with Crippen molar-refractivity contribution < 1.29 is 23.5 Å². The topological polar surface area (TPSA) is 52.6 Å². The molecule has 0 aromatic rings. The first-order valence-electron chi connectivity index (χ1n) is 6.53. The molecule has 0 aliphatic rings. The summed E-state index contributed by atoms with van der Waals surface area (Å²) in [5.74, 6) is -0.535. The molecule has 0 radical (unpaired) electrons. The molecule has 0 amide bonds. The average Bonchev–Trinajstić information content (AvgIpc) is 2.24. The van der Waals surface area contributed by atoms with E-state index in [1.54, 1.807) is 0 Å². The van der Waals surface area contributed by atoms with Crippen molar-refractivity contribution in [1.82, 2.24) is 0 Å². The van der Waals surface area contributed by atoms with Crippen LogP contribution >= 0.6 is 0 Å². The first kappa shape index (κ1) is 17.6. The molecule has 0 saturated heterocycles. The number of likely N-dealkylation sites (N-methyl/N-ethyl adjacent to an activating group) is 1. The Hall–Kier alpha value is -1.36. The van der Waals surface area contributed by atoms with Gasteiger partial charge >= 0.3 is 11.9 Å². The molecule has 0 saturated carbocycles. The smallest absolute Gasteiger partial charge is 0.362 e. The summed E-state index contributed by atoms with van der Waals surface area (Å²) in [6.07, 6.45) is 4.52. The Labute approximate surface area is 115 Å². The van der Waals surface area contributed by atoms with Crippen LogP contribution in [0.2, 0.25) is 0 Å². The van der Waals surface area contributed by atoms with E-state index in [-0.39, 0.29) is 24.6 Å². The fourth-order valence-corrected chi connectivity index (χ4v) is 1.50. The van der Waals surface area contributed by atoms with Crippen molar-refractivity contribution in [3.05, 3.63) is 12.2 Å². The molecule has 5 nitrogen and oxygen atoms in total. The molecule has 0 N–H and O–H groups in total. The Bertz CT molecular complexity index is 323. The molecule has 1 atom stereocenters. The Balaban J connectivity index is 4.04. The Morgan fingerprint density at radius 1 is 1.32 bits per heavy atom. The van der Waals surface area contributed by atoms with Gasteiger partial charge in [0, 0.05) is 13.3 Å². The van der Waals surface area contributed by atoms with Crippen molar-refractivity contribution in [2.45, 2.75) is 33.3 Å². The van der Waals surface area contributed by atoms with Gasteiger partial charge in [0.2, 0.25) is 0 Å². The normalized spacial score (nSPS) is 13.3. The minimum atomic E-state index is -0.303. The number of hydrogen-bond acceptors (Lipinski definition) is 4. The van der Waals surface area contributed by atoms with Gasteiger partial charge in [-0.1, -0.05) is 12.2 Å². The number of quaternary nitrogens is 1. The zero-order valence-electron chi connectivity index (χ0n) is 12.6. The SMILES string of the molecule is CC=CCC(C)OC(=O)C[N+](C)(C)CCOC(C)=O. The summed E-state index contributed by atoms with van der Waals surface area (Å²) in [7, 11) is 3.81. The largest absolute Gasteiger partial charge is 0.460 e. The van der Waals surface area contributed by atoms with Crippen LogP contribution in [0.15, 0.2) is 12.2 Å². The van der Waals surface area contributed by atoms with E-state index in [1.165, 1.54) is 6.92 Å². The molecule has 0 aromatic heterocycles. The summed E-state index contributed by atoms with van der Waals surface area (Å²) in [4.78, 5) is 22.4. The molecule has 0 heterocycles. The van der Waals surface area contributed by atoms with E-state index in [4.69, 9.17) is 9.47 Å². The van der Waals surface area contributed by atoms with Gasteiger partial charge in [-0.25, -0.2) is 4.79 Å². The van der Waals surface area contributed by atoms with Crippen LogP contribution in [0.5, 0.6) is 0 Å². The first-order chi connectivity index (χ1) is 8.76. The molecule has 0 aliphatic carbocycles. The number of rotatable bonds is 8. The molecule has 1 unspecified atom stereocenters. The molecule has 0 aromatic carbocycles. The molecule has 5 heteroatoms. The molecule has 0 rings (SSSR count). The maximum atomic E-state index is 11.8. The lowest BCUT2D eigenvalue weighted by molar-refractivity contribution is -0.883. The van der Waals surface area contributed by atoms with Gasteiger partial charge in [-0.05, 0) is 13.8 Å². The first-order valence-corrected chi connectivity index (χ1v) is 6.53. The van der Waals surface area contributed by atoms with Gasteiger partial charge < -0.3 is 14.0 Å². The van der Waals surface area contributed by atoms with Gasteiger partial charge in [-0.15, -0.1) is 0 Å². The maximum Gasteiger partial charge on any atom is 0.362 e. The highest BCUT2D eigenvalue weighted by molar-refractivity contribution is 5.70. The van der Waals surface area contributed by atoms with Crippen LogP contribution in [0.1, 0.15) is 27.2 Å². The van der Waals surface area contributed by atoms with Crippen molar-refractivity contribution in [1.29, 1.82) is 0 Å². The minimum Gasteiger partial charge on any atom is -0.460 e. The van der Waals surface area contributed by atoms with Gasteiger partial charge in [0.15, 0.2) is 6.54 Å². The van der Waals surface area contributed by atoms with Crippen molar-refractivity contribution in [2.75, 3.05) is 33.8 Å². The zero-order chi connectivity index (χ0) is 14.9. The highest BCUT2D eigenvalue weighted by Crippen LogP contribution is 2.03. The lowest BCUT2D eigenvalue weighted by atomic mass is 10.2. The summed E-state index contributed by atoms with van der Waals surface area (Å²) < 4.78 is 10.6. The van der Waals surface area contributed by atoms with E-state index in [0.29, 0.717) is 17.6 Å². The molecular formula is C14H26NO4+. The van der Waals surface area contributed by atoms with Gasteiger partial charge in [0.25, 0.3) is 0 Å². The minimum absolute atomic E-state index is 0.114. The quantitative estimate of drug-likeness (QED) is 0.382. The van der Waals surface area contributed by atoms with Gasteiger partial charge in [-0.3, -0.25) is 4.79 Å². The van der Waals surface area contributed by atoms with E-state index in [9.17, 15) is 9.59 Å². The molecule has 0 fully saturated rings. The number of hydrogen-bond donors (Lipinski definition) is 0. The van der Waals surface area contributed by atoms with E-state index in [0.717, 1.165) is 6.42 Å². The Morgan fingerprint density at radius 3 is 2.47 bits per heavy atom. The summed E-state index contributed by atoms with van der Waals surface area (Å²) in [6.45, 7) is 6.33. The van der Waals surface area contributed by atoms with Gasteiger partial charge in [0.1, 0.15) is 19.3 Å². The predicted molar refractivity (Wildman–Crippen MR) is 73.5 cm³/mol. The van der Waals surface area contributed by atoms with Crippen LogP contribution in [0.4, 0.5) is 0 Å². The third-order valence-corrected chi connectivity index (χ3v) is 2.60. The molecule has 0 bridgehead atoms. The van der Waals surface area contributed by atoms with Crippen LogP contribution in [0.25, 0.3) is 0 Å². The highest BCUT2D eigenvalue weighted by atomic mass is 16.5. The van der Waals surface area contributed by atoms with Crippen molar-refractivity contribution >= 4 is 11.9 Å². The van der Waals surface area contributed by atoms with Crippen LogP contribution in [-0.2, 0) is 19.1 Å². The number of carbonyl (C=O) groups excluding carboxylic acids is 2. The third-order valence-electron chi connectivity index (χ3n) is 2.60. The fourth-order valence-electron chi connectivity index (χ4n) is 1.50. The van der Waals surface area contributed by atoms with Crippen LogP contribution < -0.4 is 0 Å². The second-order valence-electron chi connectivity index (χ2n) is 5.26. The second kappa shape index (κ2) is 8.69. The van der Waals surface area contributed by atoms with Gasteiger partial charge in [0.05, 0.1) is 14.1 Å². The number of esters is 2. The average molecular weight is 272 g/mol. The summed E-state index contributed by atoms with van der Waals surface area (Å²) in [6, 6.07) is 0. The van der Waals surface area contributed by atoms with Crippen LogP contribution in [0, 0.1) is 0 Å². The Morgan fingerprint density at radius 2 is 1.95 bits per heavy atom. The lowest BCUT2D eigenvalue weighted by Gasteiger charge is -2.28. The number of allylic oxidation sites excluding steroid dienone is 1. The monoisotopic (exact) mass is 272 g/mol. The Kier molecular flexibility index (Phi) is 8.07. The summed E-state index contributed by atoms with van der Waals surface area (Å²) >= 11 is 0. The number of ether oxygens (including phenoxy) is 2. The molecule has 0 spiro atoms. The molecule has 19 heavy (non-hydrogen) atoms. The van der Waals surface area contributed by atoms with E-state index in [2.05, 4.69) is 0 Å². The van der Waals surface area contributed by atoms with E-state index >= 15 is 0 Å². The molecule has 0 aliphatic heterocycles. The maximum absolute atomic E-state index is 11.8. The van der Waals surface area contributed by atoms with E-state index < -0.39 is 0 Å². The second-order valence-corrected chi connectivity index (χ2v) is 5.26. The van der Waals surface area contributed by atoms with Crippen molar-refractivity contribution in [3.63, 3.8) is 0 Å². The van der Waals surface area contributed by atoms with Crippen LogP contribution in [0.3, 0.4) is 0 Å².